The summed E-state index contributed by atoms with van der Waals surface area (Å²) >= 11 is 0. The van der Waals surface area contributed by atoms with E-state index in [1.165, 1.54) is 13.8 Å². The van der Waals surface area contributed by atoms with Gasteiger partial charge in [0, 0.05) is 34.2 Å². The van der Waals surface area contributed by atoms with Crippen LogP contribution < -0.4 is 21.7 Å². The molecule has 1 saturated carbocycles. The number of carbonyl (C=O) groups excluding carboxylic acids is 3. The molecule has 354 valence electrons. The average Bonchev–Trinajstić information content (AvgIpc) is 3.65. The maximum Gasteiger partial charge on any atom is 0.364 e. The molecule has 0 aromatic carbocycles. The molecule has 0 aromatic rings. The summed E-state index contributed by atoms with van der Waals surface area (Å²) in [6, 6.07) is -2.95. The summed E-state index contributed by atoms with van der Waals surface area (Å²) in [4.78, 5) is 49.8. The van der Waals surface area contributed by atoms with Crippen LogP contribution >= 0.6 is 0 Å². The smallest absolute Gasteiger partial charge is 0.364 e. The summed E-state index contributed by atoms with van der Waals surface area (Å²) in [7, 11) is 0. The van der Waals surface area contributed by atoms with Crippen LogP contribution in [0.3, 0.4) is 0 Å². The van der Waals surface area contributed by atoms with Gasteiger partial charge in [-0.1, -0.05) is 0 Å². The second-order valence-electron chi connectivity index (χ2n) is 16.2. The Morgan fingerprint density at radius 3 is 1.82 bits per heavy atom. The van der Waals surface area contributed by atoms with Crippen molar-refractivity contribution in [3.8, 4) is 0 Å². The van der Waals surface area contributed by atoms with Crippen molar-refractivity contribution in [2.24, 2.45) is 17.6 Å². The number of fused-ring (bicyclic) bond motifs is 2. The van der Waals surface area contributed by atoms with Crippen LogP contribution in [-0.4, -0.2) is 220 Å². The van der Waals surface area contributed by atoms with E-state index in [1.807, 2.05) is 0 Å². The summed E-state index contributed by atoms with van der Waals surface area (Å²) in [5.74, 6) is -8.15. The van der Waals surface area contributed by atoms with Gasteiger partial charge in [-0.2, -0.15) is 0 Å². The van der Waals surface area contributed by atoms with Gasteiger partial charge in [0.25, 0.3) is 5.79 Å². The van der Waals surface area contributed by atoms with Gasteiger partial charge in [-0.25, -0.2) is 4.79 Å². The van der Waals surface area contributed by atoms with Gasteiger partial charge in [0.05, 0.1) is 56.6 Å². The number of aliphatic hydroxyl groups is 7. The van der Waals surface area contributed by atoms with Crippen LogP contribution in [0, 0.1) is 11.8 Å². The number of carboxylic acid groups (broad SMARTS) is 1. The van der Waals surface area contributed by atoms with Crippen molar-refractivity contribution >= 4 is 23.7 Å². The molecular formula is C36H58N4O22. The Balaban J connectivity index is 1.32. The minimum Gasteiger partial charge on any atom is -0.477 e. The van der Waals surface area contributed by atoms with Gasteiger partial charge < -0.3 is 110 Å². The molecule has 0 aromatic heterocycles. The zero-order valence-corrected chi connectivity index (χ0v) is 34.5. The van der Waals surface area contributed by atoms with Gasteiger partial charge in [-0.05, 0) is 6.92 Å². The molecule has 26 nitrogen and oxygen atoms in total. The van der Waals surface area contributed by atoms with Crippen LogP contribution in [0.5, 0.6) is 0 Å². The number of hydrogen-bond donors (Lipinski definition) is 12. The van der Waals surface area contributed by atoms with Crippen molar-refractivity contribution in [1.29, 1.82) is 0 Å². The predicted molar refractivity (Wildman–Crippen MR) is 196 cm³/mol. The molecule has 0 radical (unpaired) electrons. The van der Waals surface area contributed by atoms with Crippen molar-refractivity contribution in [3.05, 3.63) is 0 Å². The van der Waals surface area contributed by atoms with Crippen molar-refractivity contribution < 1.29 is 107 Å². The standard InChI is InChI=1S/C36H58N4O22/c1-11-21(47)24(50)19(38-12(2)44)31(54-11)59-27-20(39-13(3)45)32(55-16(9-42)23(27)49)57-25-17(10-43)56-33(29-28(25)60-35(5,61-29)34(51)52)58-26-18-30(53-7-6-37)62-36(18,40-14(4)46)15(8-41)22(26)48/h11,15-33,41-43,47-50H,6-10,37H2,1-5H3,(H,38,44)(H,39,45)(H,40,46)(H,51,52)/t11?,15?,16?,17?,18?,19?,20?,21?,22?,23?,24?,25?,26?,27?,28?,29?,30?,31?,32?,33?,35-,36?/m0/s1. The van der Waals surface area contributed by atoms with Gasteiger partial charge >= 0.3 is 5.97 Å². The first-order chi connectivity index (χ1) is 29.2. The lowest BCUT2D eigenvalue weighted by Crippen LogP contribution is -2.72. The number of nitrogens with two attached hydrogens (primary N) is 1. The Morgan fingerprint density at radius 1 is 0.661 bits per heavy atom. The second-order valence-corrected chi connectivity index (χ2v) is 16.2. The number of aliphatic carboxylic acids is 1. The van der Waals surface area contributed by atoms with Crippen LogP contribution in [0.25, 0.3) is 0 Å². The van der Waals surface area contributed by atoms with Gasteiger partial charge in [0.1, 0.15) is 67.0 Å². The number of carbonyl (C=O) groups is 4. The van der Waals surface area contributed by atoms with Crippen LogP contribution in [0.1, 0.15) is 34.6 Å². The summed E-state index contributed by atoms with van der Waals surface area (Å²) in [5.41, 5.74) is 3.94. The molecule has 6 fully saturated rings. The van der Waals surface area contributed by atoms with Crippen LogP contribution in [0.2, 0.25) is 0 Å². The molecule has 5 aliphatic heterocycles. The van der Waals surface area contributed by atoms with Gasteiger partial charge in [-0.3, -0.25) is 14.4 Å². The number of aliphatic hydroxyl groups excluding tert-OH is 7. The van der Waals surface area contributed by atoms with E-state index in [0.29, 0.717) is 0 Å². The van der Waals surface area contributed by atoms with Crippen LogP contribution in [0.15, 0.2) is 0 Å². The largest absolute Gasteiger partial charge is 0.477 e. The molecule has 0 bridgehead atoms. The lowest BCUT2D eigenvalue weighted by atomic mass is 9.85. The number of nitrogens with one attached hydrogen (secondary N) is 3. The summed E-state index contributed by atoms with van der Waals surface area (Å²) in [6.07, 6.45) is -24.4. The maximum atomic E-state index is 12.7. The number of amides is 3. The monoisotopic (exact) mass is 898 g/mol. The van der Waals surface area contributed by atoms with E-state index in [0.717, 1.165) is 20.8 Å². The third kappa shape index (κ3) is 9.05. The highest BCUT2D eigenvalue weighted by Gasteiger charge is 2.74. The highest BCUT2D eigenvalue weighted by atomic mass is 16.8. The SMILES string of the molecule is CC(=O)NC1C(OC2C(O)C(CO)OC(OC3C(CO)OC(OC4C(O)C(CO)C5(NC(C)=O)OC(OCCN)C45)C4O[C@@](C)(C(=O)O)OC34)C2NC(C)=O)OC(C)C(O)C1O. The Hall–Kier alpha value is -2.84. The normalized spacial score (nSPS) is 47.4. The lowest BCUT2D eigenvalue weighted by Gasteiger charge is -2.53. The Morgan fingerprint density at radius 2 is 1.24 bits per heavy atom. The molecule has 62 heavy (non-hydrogen) atoms. The van der Waals surface area contributed by atoms with E-state index in [-0.39, 0.29) is 13.2 Å². The molecule has 22 atom stereocenters. The molecule has 13 N–H and O–H groups in total. The highest BCUT2D eigenvalue weighted by Crippen LogP contribution is 2.55. The van der Waals surface area contributed by atoms with E-state index in [2.05, 4.69) is 16.0 Å². The number of rotatable bonds is 16. The molecular weight excluding hydrogens is 840 g/mol. The quantitative estimate of drug-likeness (QED) is 0.0685. The number of carboxylic acids is 1. The first kappa shape index (κ1) is 48.6. The molecule has 6 aliphatic rings. The number of ether oxygens (including phenoxy) is 10. The van der Waals surface area contributed by atoms with Crippen LogP contribution in [0.4, 0.5) is 0 Å². The fraction of sp³-hybridized carbons (Fsp3) is 0.889. The maximum absolute atomic E-state index is 12.7. The van der Waals surface area contributed by atoms with Crippen molar-refractivity contribution in [3.63, 3.8) is 0 Å². The molecule has 5 heterocycles. The molecule has 6 rings (SSSR count). The molecule has 0 spiro atoms. The summed E-state index contributed by atoms with van der Waals surface area (Å²) < 4.78 is 60.3. The molecule has 5 saturated heterocycles. The van der Waals surface area contributed by atoms with E-state index in [1.54, 1.807) is 0 Å². The summed E-state index contributed by atoms with van der Waals surface area (Å²) in [5, 5.41) is 93.7. The minimum absolute atomic E-state index is 0.00930. The van der Waals surface area contributed by atoms with Gasteiger partial charge in [0.15, 0.2) is 30.9 Å². The third-order valence-corrected chi connectivity index (χ3v) is 11.9. The fourth-order valence-corrected chi connectivity index (χ4v) is 9.05. The Bertz CT molecular complexity index is 1620. The zero-order valence-electron chi connectivity index (χ0n) is 34.5. The third-order valence-electron chi connectivity index (χ3n) is 11.9. The predicted octanol–water partition coefficient (Wildman–Crippen LogP) is -7.24. The molecule has 21 unspecified atom stereocenters. The van der Waals surface area contributed by atoms with E-state index < -0.39 is 177 Å². The molecule has 1 aliphatic carbocycles. The Labute approximate surface area is 354 Å². The number of hydrogen-bond acceptors (Lipinski definition) is 22. The first-order valence-electron chi connectivity index (χ1n) is 20.1. The van der Waals surface area contributed by atoms with Crippen LogP contribution in [-0.2, 0) is 66.5 Å². The van der Waals surface area contributed by atoms with E-state index in [9.17, 15) is 60.0 Å². The molecule has 3 amide bonds. The van der Waals surface area contributed by atoms with Gasteiger partial charge in [-0.15, -0.1) is 0 Å². The highest BCUT2D eigenvalue weighted by molar-refractivity contribution is 5.76. The Kier molecular flexibility index (Phi) is 15.2. The topological polar surface area (TPSA) is 385 Å². The fourth-order valence-electron chi connectivity index (χ4n) is 9.05. The first-order valence-corrected chi connectivity index (χ1v) is 20.1. The average molecular weight is 899 g/mol. The lowest BCUT2D eigenvalue weighted by molar-refractivity contribution is -0.387. The minimum atomic E-state index is -2.42. The van der Waals surface area contributed by atoms with Crippen molar-refractivity contribution in [2.45, 2.75) is 157 Å². The van der Waals surface area contributed by atoms with Crippen molar-refractivity contribution in [2.75, 3.05) is 33.0 Å². The second kappa shape index (κ2) is 19.3. The summed E-state index contributed by atoms with van der Waals surface area (Å²) in [6.45, 7) is 3.54. The molecule has 26 heteroatoms. The van der Waals surface area contributed by atoms with Crippen molar-refractivity contribution in [1.82, 2.24) is 16.0 Å². The van der Waals surface area contributed by atoms with Gasteiger partial charge in [0.2, 0.25) is 17.7 Å². The zero-order chi connectivity index (χ0) is 45.6. The van der Waals surface area contributed by atoms with E-state index >= 15 is 0 Å². The van der Waals surface area contributed by atoms with E-state index in [4.69, 9.17) is 53.1 Å².